The minimum Gasteiger partial charge on any atom is -0.354 e. The van der Waals surface area contributed by atoms with Crippen molar-refractivity contribution >= 4 is 5.95 Å². The Morgan fingerprint density at radius 2 is 2.00 bits per heavy atom. The van der Waals surface area contributed by atoms with Gasteiger partial charge in [0.05, 0.1) is 0 Å². The van der Waals surface area contributed by atoms with Crippen LogP contribution in [0.3, 0.4) is 0 Å². The normalized spacial score (nSPS) is 10.4. The van der Waals surface area contributed by atoms with Gasteiger partial charge in [0.2, 0.25) is 12.3 Å². The fourth-order valence-electron chi connectivity index (χ4n) is 1.39. The first-order valence-electron chi connectivity index (χ1n) is 5.05. The summed E-state index contributed by atoms with van der Waals surface area (Å²) in [6, 6.07) is 1.93. The van der Waals surface area contributed by atoms with Gasteiger partial charge in [-0.3, -0.25) is 0 Å². The van der Waals surface area contributed by atoms with Gasteiger partial charge in [-0.1, -0.05) is 5.16 Å². The van der Waals surface area contributed by atoms with Crippen LogP contribution in [0, 0.1) is 13.8 Å². The van der Waals surface area contributed by atoms with E-state index in [1.54, 1.807) is 0 Å². The highest BCUT2D eigenvalue weighted by Crippen LogP contribution is 2.03. The number of hydrogen-bond acceptors (Lipinski definition) is 6. The summed E-state index contributed by atoms with van der Waals surface area (Å²) < 4.78 is 4.64. The smallest absolute Gasteiger partial charge is 0.223 e. The van der Waals surface area contributed by atoms with E-state index in [1.165, 1.54) is 6.39 Å². The number of aryl methyl sites for hydroxylation is 2. The van der Waals surface area contributed by atoms with Crippen LogP contribution in [0.4, 0.5) is 5.95 Å². The summed E-state index contributed by atoms with van der Waals surface area (Å²) in [5.74, 6) is 1.32. The van der Waals surface area contributed by atoms with E-state index in [0.717, 1.165) is 11.4 Å². The molecule has 0 aliphatic heterocycles. The Kier molecular flexibility index (Phi) is 3.09. The number of aromatic nitrogens is 4. The van der Waals surface area contributed by atoms with Crippen LogP contribution in [0.25, 0.3) is 0 Å². The molecule has 0 saturated carbocycles. The van der Waals surface area contributed by atoms with E-state index in [4.69, 9.17) is 0 Å². The molecule has 6 heteroatoms. The fraction of sp³-hybridized carbons (Fsp3) is 0.400. The number of hydrogen-bond donors (Lipinski definition) is 1. The van der Waals surface area contributed by atoms with Crippen molar-refractivity contribution in [1.29, 1.82) is 0 Å². The van der Waals surface area contributed by atoms with E-state index in [2.05, 4.69) is 29.9 Å². The third-order valence-electron chi connectivity index (χ3n) is 2.02. The van der Waals surface area contributed by atoms with E-state index < -0.39 is 0 Å². The molecule has 2 heterocycles. The Balaban J connectivity index is 1.89. The van der Waals surface area contributed by atoms with E-state index >= 15 is 0 Å². The maximum absolute atomic E-state index is 4.64. The maximum atomic E-state index is 4.64. The molecule has 0 aliphatic carbocycles. The average molecular weight is 219 g/mol. The molecule has 16 heavy (non-hydrogen) atoms. The molecule has 2 aromatic heterocycles. The molecule has 0 aromatic carbocycles. The molecule has 0 bridgehead atoms. The van der Waals surface area contributed by atoms with Crippen molar-refractivity contribution in [3.63, 3.8) is 0 Å². The Morgan fingerprint density at radius 1 is 1.25 bits per heavy atom. The maximum Gasteiger partial charge on any atom is 0.223 e. The quantitative estimate of drug-likeness (QED) is 0.830. The first kappa shape index (κ1) is 10.5. The van der Waals surface area contributed by atoms with Gasteiger partial charge in [0, 0.05) is 24.4 Å². The van der Waals surface area contributed by atoms with Gasteiger partial charge in [0.25, 0.3) is 0 Å². The lowest BCUT2D eigenvalue weighted by molar-refractivity contribution is 0.410. The monoisotopic (exact) mass is 219 g/mol. The van der Waals surface area contributed by atoms with Crippen LogP contribution in [0.1, 0.15) is 17.2 Å². The largest absolute Gasteiger partial charge is 0.354 e. The molecular weight excluding hydrogens is 206 g/mol. The molecule has 84 valence electrons. The van der Waals surface area contributed by atoms with Crippen LogP contribution < -0.4 is 5.32 Å². The van der Waals surface area contributed by atoms with E-state index in [0.29, 0.717) is 24.7 Å². The second kappa shape index (κ2) is 4.69. The highest BCUT2D eigenvalue weighted by atomic mass is 16.5. The third kappa shape index (κ3) is 2.75. The lowest BCUT2D eigenvalue weighted by Crippen LogP contribution is -2.09. The molecule has 0 unspecified atom stereocenters. The number of nitrogens with zero attached hydrogens (tertiary/aromatic N) is 4. The summed E-state index contributed by atoms with van der Waals surface area (Å²) in [6.07, 6.45) is 2.01. The molecule has 0 amide bonds. The zero-order chi connectivity index (χ0) is 11.4. The summed E-state index contributed by atoms with van der Waals surface area (Å²) in [4.78, 5) is 12.5. The van der Waals surface area contributed by atoms with E-state index in [9.17, 15) is 0 Å². The van der Waals surface area contributed by atoms with Crippen LogP contribution in [-0.4, -0.2) is 26.7 Å². The lowest BCUT2D eigenvalue weighted by Gasteiger charge is -2.04. The van der Waals surface area contributed by atoms with Gasteiger partial charge in [-0.05, 0) is 19.9 Å². The Hall–Kier alpha value is -1.98. The summed E-state index contributed by atoms with van der Waals surface area (Å²) in [7, 11) is 0. The van der Waals surface area contributed by atoms with Crippen molar-refractivity contribution in [2.24, 2.45) is 0 Å². The zero-order valence-corrected chi connectivity index (χ0v) is 9.27. The minimum atomic E-state index is 0.640. The number of anilines is 1. The third-order valence-corrected chi connectivity index (χ3v) is 2.02. The van der Waals surface area contributed by atoms with Gasteiger partial charge in [-0.15, -0.1) is 0 Å². The van der Waals surface area contributed by atoms with Crippen molar-refractivity contribution in [2.75, 3.05) is 11.9 Å². The molecule has 0 aliphatic rings. The molecular formula is C10H13N5O. The van der Waals surface area contributed by atoms with Crippen LogP contribution >= 0.6 is 0 Å². The molecule has 2 aromatic rings. The zero-order valence-electron chi connectivity index (χ0n) is 9.27. The van der Waals surface area contributed by atoms with Gasteiger partial charge in [0.15, 0.2) is 5.82 Å². The van der Waals surface area contributed by atoms with Gasteiger partial charge < -0.3 is 9.84 Å². The predicted molar refractivity (Wildman–Crippen MR) is 58.0 cm³/mol. The standard InChI is InChI=1S/C10H13N5O/c1-7-5-8(2)14-10(13-7)11-4-3-9-12-6-16-15-9/h5-6H,3-4H2,1-2H3,(H,11,13,14). The van der Waals surface area contributed by atoms with Gasteiger partial charge in [-0.2, -0.15) is 4.98 Å². The van der Waals surface area contributed by atoms with E-state index in [1.807, 2.05) is 19.9 Å². The number of rotatable bonds is 4. The first-order valence-corrected chi connectivity index (χ1v) is 5.05. The second-order valence-electron chi connectivity index (χ2n) is 3.50. The summed E-state index contributed by atoms with van der Waals surface area (Å²) in [6.45, 7) is 4.57. The van der Waals surface area contributed by atoms with E-state index in [-0.39, 0.29) is 0 Å². The topological polar surface area (TPSA) is 76.7 Å². The SMILES string of the molecule is Cc1cc(C)nc(NCCc2ncon2)n1. The predicted octanol–water partition coefficient (Wildman–Crippen LogP) is 1.13. The lowest BCUT2D eigenvalue weighted by atomic mass is 10.3. The Labute approximate surface area is 93.1 Å². The number of nitrogens with one attached hydrogen (secondary N) is 1. The van der Waals surface area contributed by atoms with Crippen LogP contribution in [0.15, 0.2) is 17.0 Å². The molecule has 6 nitrogen and oxygen atoms in total. The summed E-state index contributed by atoms with van der Waals surface area (Å²) >= 11 is 0. The Bertz CT molecular complexity index is 434. The van der Waals surface area contributed by atoms with Crippen LogP contribution in [0.2, 0.25) is 0 Å². The highest BCUT2D eigenvalue weighted by molar-refractivity contribution is 5.27. The first-order chi connectivity index (χ1) is 7.74. The molecule has 0 spiro atoms. The summed E-state index contributed by atoms with van der Waals surface area (Å²) in [5, 5.41) is 6.84. The fourth-order valence-corrected chi connectivity index (χ4v) is 1.39. The minimum absolute atomic E-state index is 0.640. The molecule has 0 radical (unpaired) electrons. The summed E-state index contributed by atoms with van der Waals surface area (Å²) in [5.41, 5.74) is 1.91. The molecule has 0 fully saturated rings. The van der Waals surface area contributed by atoms with Crippen molar-refractivity contribution in [1.82, 2.24) is 20.1 Å². The highest BCUT2D eigenvalue weighted by Gasteiger charge is 2.01. The molecule has 0 saturated heterocycles. The molecule has 1 N–H and O–H groups in total. The molecule has 0 atom stereocenters. The average Bonchev–Trinajstić information content (AvgIpc) is 2.69. The van der Waals surface area contributed by atoms with Gasteiger partial charge >= 0.3 is 0 Å². The van der Waals surface area contributed by atoms with Gasteiger partial charge in [0.1, 0.15) is 0 Å². The molecule has 2 rings (SSSR count). The second-order valence-corrected chi connectivity index (χ2v) is 3.50. The van der Waals surface area contributed by atoms with Crippen molar-refractivity contribution < 1.29 is 4.52 Å². The Morgan fingerprint density at radius 3 is 2.62 bits per heavy atom. The van der Waals surface area contributed by atoms with Crippen molar-refractivity contribution in [3.05, 3.63) is 29.7 Å². The van der Waals surface area contributed by atoms with Crippen LogP contribution in [0.5, 0.6) is 0 Å². The van der Waals surface area contributed by atoms with Crippen molar-refractivity contribution in [3.8, 4) is 0 Å². The van der Waals surface area contributed by atoms with Gasteiger partial charge in [-0.25, -0.2) is 9.97 Å². The van der Waals surface area contributed by atoms with Crippen LogP contribution in [-0.2, 0) is 6.42 Å². The van der Waals surface area contributed by atoms with Crippen molar-refractivity contribution in [2.45, 2.75) is 20.3 Å².